The van der Waals surface area contributed by atoms with Crippen LogP contribution in [0.4, 0.5) is 0 Å². The monoisotopic (exact) mass is 182 g/mol. The molecule has 1 saturated heterocycles. The van der Waals surface area contributed by atoms with Crippen molar-refractivity contribution < 1.29 is 9.79 Å². The molecule has 10 heavy (non-hydrogen) atoms. The van der Waals surface area contributed by atoms with Crippen molar-refractivity contribution in [2.75, 3.05) is 13.1 Å². The van der Waals surface area contributed by atoms with Gasteiger partial charge in [0.1, 0.15) is 0 Å². The third kappa shape index (κ3) is 3.05. The second-order valence-corrected chi connectivity index (χ2v) is 5.15. The molecule has 1 heterocycles. The van der Waals surface area contributed by atoms with Gasteiger partial charge in [-0.05, 0) is 24.6 Å². The van der Waals surface area contributed by atoms with Gasteiger partial charge in [-0.25, -0.2) is 5.01 Å². The molecule has 0 radical (unpaired) electrons. The maximum absolute atomic E-state index is 8.81. The zero-order chi connectivity index (χ0) is 7.61. The van der Waals surface area contributed by atoms with E-state index >= 15 is 0 Å². The molecule has 0 saturated carbocycles. The molecule has 4 nitrogen and oxygen atoms in total. The van der Waals surface area contributed by atoms with Crippen LogP contribution in [0, 0.1) is 0 Å². The summed E-state index contributed by atoms with van der Waals surface area (Å²) in [7, 11) is 0. The minimum Gasteiger partial charge on any atom is -0.333 e. The van der Waals surface area contributed by atoms with E-state index in [1.807, 2.05) is 0 Å². The number of rotatable bonds is 2. The van der Waals surface area contributed by atoms with E-state index in [1.54, 1.807) is 5.01 Å². The van der Waals surface area contributed by atoms with E-state index in [9.17, 15) is 0 Å². The van der Waals surface area contributed by atoms with Crippen molar-refractivity contribution in [2.24, 2.45) is 0 Å². The van der Waals surface area contributed by atoms with E-state index in [4.69, 9.17) is 9.79 Å². The van der Waals surface area contributed by atoms with E-state index in [0.29, 0.717) is 0 Å². The highest BCUT2D eigenvalue weighted by Crippen LogP contribution is 2.30. The van der Waals surface area contributed by atoms with Gasteiger partial charge in [-0.1, -0.05) is 0 Å². The molecule has 3 N–H and O–H groups in total. The fraction of sp³-hybridized carbons (Fsp3) is 1.00. The van der Waals surface area contributed by atoms with Gasteiger partial charge in [0.05, 0.1) is 0 Å². The lowest BCUT2D eigenvalue weighted by Gasteiger charge is -2.18. The van der Waals surface area contributed by atoms with Gasteiger partial charge in [-0.3, -0.25) is 0 Å². The van der Waals surface area contributed by atoms with Crippen LogP contribution in [0.1, 0.15) is 12.8 Å². The number of nitrogens with zero attached hydrogens (tertiary/aromatic N) is 1. The highest BCUT2D eigenvalue weighted by atomic mass is 32.5. The summed E-state index contributed by atoms with van der Waals surface area (Å²) in [5.74, 6) is 0. The highest BCUT2D eigenvalue weighted by molar-refractivity contribution is 8.08. The molecule has 0 aromatic carbocycles. The number of nitrogens with one attached hydrogen (secondary N) is 1. The van der Waals surface area contributed by atoms with Crippen LogP contribution in [0.2, 0.25) is 0 Å². The average Bonchev–Trinajstić information content (AvgIpc) is 2.12. The summed E-state index contributed by atoms with van der Waals surface area (Å²) in [5, 5.41) is 4.25. The minimum absolute atomic E-state index is 0.861. The second-order valence-electron chi connectivity index (χ2n) is 2.34. The Labute approximate surface area is 65.0 Å². The topological polar surface area (TPSA) is 55.7 Å². The molecule has 0 aliphatic carbocycles. The molecule has 0 amide bonds. The predicted octanol–water partition coefficient (Wildman–Crippen LogP) is -0.204. The molecule has 0 atom stereocenters. The summed E-state index contributed by atoms with van der Waals surface area (Å²) in [5.41, 5.74) is 0. The van der Waals surface area contributed by atoms with Crippen LogP contribution < -0.4 is 5.20 Å². The number of hydrogen-bond acceptors (Lipinski definition) is 2. The van der Waals surface area contributed by atoms with E-state index in [1.165, 1.54) is 0 Å². The maximum atomic E-state index is 8.81. The molecule has 0 unspecified atom stereocenters. The van der Waals surface area contributed by atoms with Gasteiger partial charge in [-0.2, -0.15) is 5.20 Å². The third-order valence-electron chi connectivity index (χ3n) is 1.38. The maximum Gasteiger partial charge on any atom is 0.269 e. The Morgan fingerprint density at radius 2 is 1.80 bits per heavy atom. The van der Waals surface area contributed by atoms with Crippen molar-refractivity contribution in [1.29, 1.82) is 0 Å². The Bertz CT molecular complexity index is 153. The highest BCUT2D eigenvalue weighted by Gasteiger charge is 2.16. The summed E-state index contributed by atoms with van der Waals surface area (Å²) < 4.78 is 0. The fourth-order valence-electron chi connectivity index (χ4n) is 1.00. The lowest BCUT2D eigenvalue weighted by Crippen LogP contribution is -2.32. The van der Waals surface area contributed by atoms with Gasteiger partial charge in [0.15, 0.2) is 0 Å². The van der Waals surface area contributed by atoms with Crippen molar-refractivity contribution in [3.05, 3.63) is 0 Å². The van der Waals surface area contributed by atoms with Crippen LogP contribution in [0.15, 0.2) is 0 Å². The summed E-state index contributed by atoms with van der Waals surface area (Å²) in [6, 6.07) is 0. The Morgan fingerprint density at radius 3 is 2.20 bits per heavy atom. The molecule has 1 fully saturated rings. The standard InChI is InChI=1S/C4H11N2O2PS/c7-9(8,10)5-6-3-1-2-4-6/h1-4H2,(H3,5,7,8,10). The van der Waals surface area contributed by atoms with Gasteiger partial charge in [0, 0.05) is 13.1 Å². The molecule has 1 rings (SSSR count). The Hall–Kier alpha value is 0.490. The number of hydrazine groups is 1. The Kier molecular flexibility index (Phi) is 2.80. The van der Waals surface area contributed by atoms with Crippen LogP contribution in [0.5, 0.6) is 0 Å². The van der Waals surface area contributed by atoms with Crippen LogP contribution >= 0.6 is 6.64 Å². The predicted molar refractivity (Wildman–Crippen MR) is 42.7 cm³/mol. The number of hydrogen-bond donors (Lipinski definition) is 3. The van der Waals surface area contributed by atoms with Crippen molar-refractivity contribution >= 4 is 18.4 Å². The van der Waals surface area contributed by atoms with E-state index in [-0.39, 0.29) is 0 Å². The Morgan fingerprint density at radius 1 is 1.30 bits per heavy atom. The average molecular weight is 182 g/mol. The van der Waals surface area contributed by atoms with Gasteiger partial charge in [-0.15, -0.1) is 0 Å². The largest absolute Gasteiger partial charge is 0.333 e. The minimum atomic E-state index is -3.21. The summed E-state index contributed by atoms with van der Waals surface area (Å²) in [4.78, 5) is 17.6. The first-order valence-corrected chi connectivity index (χ1v) is 5.87. The molecular formula is C4H11N2O2PS. The normalized spacial score (nSPS) is 21.8. The van der Waals surface area contributed by atoms with E-state index in [2.05, 4.69) is 17.0 Å². The molecule has 0 aromatic rings. The zero-order valence-electron chi connectivity index (χ0n) is 5.53. The van der Waals surface area contributed by atoms with Crippen LogP contribution in [0.3, 0.4) is 0 Å². The van der Waals surface area contributed by atoms with Crippen LogP contribution in [-0.4, -0.2) is 27.9 Å². The SMILES string of the molecule is OP(O)(=S)NN1CCCC1. The van der Waals surface area contributed by atoms with E-state index in [0.717, 1.165) is 25.9 Å². The van der Waals surface area contributed by atoms with Crippen molar-refractivity contribution in [2.45, 2.75) is 12.8 Å². The zero-order valence-corrected chi connectivity index (χ0v) is 7.24. The fourth-order valence-corrected chi connectivity index (χ4v) is 1.92. The molecule has 0 aromatic heterocycles. The molecule has 1 aliphatic heterocycles. The smallest absolute Gasteiger partial charge is 0.269 e. The van der Waals surface area contributed by atoms with Gasteiger partial charge < -0.3 is 9.79 Å². The van der Waals surface area contributed by atoms with E-state index < -0.39 is 6.64 Å². The van der Waals surface area contributed by atoms with Crippen molar-refractivity contribution in [3.63, 3.8) is 0 Å². The molecule has 60 valence electrons. The van der Waals surface area contributed by atoms with Crippen LogP contribution in [-0.2, 0) is 11.8 Å². The Balaban J connectivity index is 2.31. The molecule has 1 aliphatic rings. The van der Waals surface area contributed by atoms with Gasteiger partial charge in [0.25, 0.3) is 6.64 Å². The van der Waals surface area contributed by atoms with Gasteiger partial charge in [0.2, 0.25) is 0 Å². The molecular weight excluding hydrogens is 171 g/mol. The molecule has 0 bridgehead atoms. The summed E-state index contributed by atoms with van der Waals surface area (Å²) in [6.07, 6.45) is 2.20. The van der Waals surface area contributed by atoms with Crippen LogP contribution in [0.25, 0.3) is 0 Å². The van der Waals surface area contributed by atoms with Gasteiger partial charge >= 0.3 is 0 Å². The molecule has 6 heteroatoms. The lowest BCUT2D eigenvalue weighted by atomic mass is 10.4. The van der Waals surface area contributed by atoms with Crippen molar-refractivity contribution in [3.8, 4) is 0 Å². The van der Waals surface area contributed by atoms with Crippen molar-refractivity contribution in [1.82, 2.24) is 10.2 Å². The lowest BCUT2D eigenvalue weighted by molar-refractivity contribution is 0.276. The second kappa shape index (κ2) is 3.26. The quantitative estimate of drug-likeness (QED) is 0.516. The third-order valence-corrected chi connectivity index (χ3v) is 2.17. The first-order valence-electron chi connectivity index (χ1n) is 3.16. The first kappa shape index (κ1) is 8.59. The first-order chi connectivity index (χ1) is 4.58. The summed E-state index contributed by atoms with van der Waals surface area (Å²) in [6.45, 7) is -1.48. The molecule has 0 spiro atoms. The summed E-state index contributed by atoms with van der Waals surface area (Å²) >= 11 is 4.39.